The maximum atomic E-state index is 13.4. The van der Waals surface area contributed by atoms with E-state index in [-0.39, 0.29) is 11.4 Å². The number of rotatable bonds is 2. The van der Waals surface area contributed by atoms with Crippen molar-refractivity contribution in [1.29, 1.82) is 0 Å². The van der Waals surface area contributed by atoms with E-state index >= 15 is 0 Å². The van der Waals surface area contributed by atoms with Crippen LogP contribution in [0.15, 0.2) is 58.3 Å². The number of halogens is 1. The van der Waals surface area contributed by atoms with Crippen molar-refractivity contribution >= 4 is 23.4 Å². The molecule has 3 unspecified atom stereocenters. The maximum absolute atomic E-state index is 13.4. The summed E-state index contributed by atoms with van der Waals surface area (Å²) >= 11 is 1.21. The molecule has 3 atom stereocenters. The quantitative estimate of drug-likeness (QED) is 0.590. The normalized spacial score (nSPS) is 24.3. The van der Waals surface area contributed by atoms with Crippen LogP contribution >= 0.6 is 11.3 Å². The molecule has 2 bridgehead atoms. The standard InChI is InChI=1S/C22H17FN2O4S/c1-22-17(20(27)28-2)18(14-5-3-4-6-15(14)29-22)25-19(26)16(30-21(25)24-22)11-12-7-9-13(23)10-8-12/h3-11,17-18H,1-2H3/b16-11+. The predicted molar refractivity (Wildman–Crippen MR) is 108 cm³/mol. The zero-order chi connectivity index (χ0) is 21.0. The largest absolute Gasteiger partial charge is 0.469 e. The van der Waals surface area contributed by atoms with Gasteiger partial charge in [-0.2, -0.15) is 0 Å². The molecular formula is C22H17FN2O4S. The molecule has 6 nitrogen and oxygen atoms in total. The Hall–Kier alpha value is -3.26. The molecule has 0 N–H and O–H groups in total. The summed E-state index contributed by atoms with van der Waals surface area (Å²) in [6.45, 7) is 1.73. The van der Waals surface area contributed by atoms with Crippen molar-refractivity contribution in [3.8, 4) is 5.75 Å². The highest BCUT2D eigenvalue weighted by Crippen LogP contribution is 2.47. The van der Waals surface area contributed by atoms with E-state index in [1.165, 1.54) is 30.6 Å². The van der Waals surface area contributed by atoms with Crippen molar-refractivity contribution in [1.82, 2.24) is 4.57 Å². The number of hydrogen-bond acceptors (Lipinski definition) is 6. The average molecular weight is 424 g/mol. The first-order valence-corrected chi connectivity index (χ1v) is 10.2. The summed E-state index contributed by atoms with van der Waals surface area (Å²) in [5.74, 6) is -1.06. The molecule has 2 aliphatic rings. The third kappa shape index (κ3) is 2.71. The molecule has 0 amide bonds. The molecule has 0 fully saturated rings. The fourth-order valence-electron chi connectivity index (χ4n) is 4.14. The highest BCUT2D eigenvalue weighted by atomic mass is 32.1. The first-order valence-electron chi connectivity index (χ1n) is 9.35. The summed E-state index contributed by atoms with van der Waals surface area (Å²) in [7, 11) is 1.31. The summed E-state index contributed by atoms with van der Waals surface area (Å²) in [5.41, 5.74) is -0.0326. The molecule has 0 spiro atoms. The SMILES string of the molecule is COC(=O)C1C2c3ccccc3OC1(C)N=c1s/c(=C/c3ccc(F)cc3)c(=O)n12. The van der Waals surface area contributed by atoms with Crippen molar-refractivity contribution in [2.24, 2.45) is 10.9 Å². The van der Waals surface area contributed by atoms with E-state index < -0.39 is 23.7 Å². The Labute approximate surface area is 174 Å². The smallest absolute Gasteiger partial charge is 0.317 e. The molecule has 2 aliphatic heterocycles. The number of benzene rings is 2. The Balaban J connectivity index is 1.79. The molecule has 3 heterocycles. The first kappa shape index (κ1) is 18.7. The molecule has 5 rings (SSSR count). The van der Waals surface area contributed by atoms with Gasteiger partial charge in [0.15, 0.2) is 4.80 Å². The summed E-state index contributed by atoms with van der Waals surface area (Å²) < 4.78 is 26.4. The van der Waals surface area contributed by atoms with Gasteiger partial charge in [-0.3, -0.25) is 14.2 Å². The fraction of sp³-hybridized carbons (Fsp3) is 0.227. The molecule has 1 aromatic heterocycles. The number of carbonyl (C=O) groups excluding carboxylic acids is 1. The molecule has 8 heteroatoms. The number of aromatic nitrogens is 1. The third-order valence-corrected chi connectivity index (χ3v) is 6.49. The Morgan fingerprint density at radius 3 is 2.73 bits per heavy atom. The van der Waals surface area contributed by atoms with Gasteiger partial charge in [0.2, 0.25) is 5.72 Å². The van der Waals surface area contributed by atoms with Crippen molar-refractivity contribution in [2.45, 2.75) is 18.7 Å². The predicted octanol–water partition coefficient (Wildman–Crippen LogP) is 2.00. The Bertz CT molecular complexity index is 1340. The van der Waals surface area contributed by atoms with Crippen LogP contribution in [0.1, 0.15) is 24.1 Å². The molecule has 2 aromatic carbocycles. The van der Waals surface area contributed by atoms with Gasteiger partial charge >= 0.3 is 5.97 Å². The summed E-state index contributed by atoms with van der Waals surface area (Å²) in [4.78, 5) is 31.2. The first-order chi connectivity index (χ1) is 14.4. The Kier molecular flexibility index (Phi) is 4.14. The molecular weight excluding hydrogens is 407 g/mol. The van der Waals surface area contributed by atoms with E-state index in [2.05, 4.69) is 4.99 Å². The van der Waals surface area contributed by atoms with Crippen molar-refractivity contribution < 1.29 is 18.7 Å². The minimum absolute atomic E-state index is 0.263. The second-order valence-electron chi connectivity index (χ2n) is 7.37. The van der Waals surface area contributed by atoms with Gasteiger partial charge < -0.3 is 9.47 Å². The van der Waals surface area contributed by atoms with Crippen LogP contribution in [-0.4, -0.2) is 23.4 Å². The lowest BCUT2D eigenvalue weighted by Crippen LogP contribution is -2.58. The summed E-state index contributed by atoms with van der Waals surface area (Å²) in [6.07, 6.45) is 1.69. The lowest BCUT2D eigenvalue weighted by Gasteiger charge is -2.44. The van der Waals surface area contributed by atoms with Gasteiger partial charge in [-0.05, 0) is 36.8 Å². The number of carbonyl (C=O) groups is 1. The number of methoxy groups -OCH3 is 1. The number of nitrogens with zero attached hydrogens (tertiary/aromatic N) is 2. The number of fused-ring (bicyclic) bond motifs is 6. The topological polar surface area (TPSA) is 69.9 Å². The fourth-order valence-corrected chi connectivity index (χ4v) is 5.24. The second kappa shape index (κ2) is 6.63. The molecule has 0 saturated heterocycles. The van der Waals surface area contributed by atoms with E-state index in [0.717, 1.165) is 5.56 Å². The third-order valence-electron chi connectivity index (χ3n) is 5.50. The van der Waals surface area contributed by atoms with Crippen LogP contribution in [0.5, 0.6) is 5.75 Å². The van der Waals surface area contributed by atoms with Crippen LogP contribution in [0.25, 0.3) is 6.08 Å². The van der Waals surface area contributed by atoms with E-state index in [4.69, 9.17) is 9.47 Å². The molecule has 152 valence electrons. The number of para-hydroxylation sites is 1. The van der Waals surface area contributed by atoms with E-state index in [1.54, 1.807) is 35.8 Å². The van der Waals surface area contributed by atoms with Crippen LogP contribution in [-0.2, 0) is 9.53 Å². The van der Waals surface area contributed by atoms with Crippen molar-refractivity contribution in [3.63, 3.8) is 0 Å². The zero-order valence-corrected chi connectivity index (χ0v) is 17.0. The summed E-state index contributed by atoms with van der Waals surface area (Å²) in [6, 6.07) is 12.6. The minimum atomic E-state index is -1.20. The van der Waals surface area contributed by atoms with Crippen LogP contribution in [0.4, 0.5) is 4.39 Å². The van der Waals surface area contributed by atoms with E-state index in [0.29, 0.717) is 20.6 Å². The van der Waals surface area contributed by atoms with Gasteiger partial charge in [0.05, 0.1) is 17.7 Å². The van der Waals surface area contributed by atoms with Crippen LogP contribution in [0.3, 0.4) is 0 Å². The van der Waals surface area contributed by atoms with Gasteiger partial charge in [-0.15, -0.1) is 0 Å². The van der Waals surface area contributed by atoms with Gasteiger partial charge in [0.1, 0.15) is 17.5 Å². The highest BCUT2D eigenvalue weighted by molar-refractivity contribution is 7.07. The Morgan fingerprint density at radius 2 is 2.00 bits per heavy atom. The van der Waals surface area contributed by atoms with E-state index in [1.807, 2.05) is 18.2 Å². The van der Waals surface area contributed by atoms with Gasteiger partial charge in [0.25, 0.3) is 5.56 Å². The maximum Gasteiger partial charge on any atom is 0.317 e. The lowest BCUT2D eigenvalue weighted by atomic mass is 9.81. The molecule has 0 radical (unpaired) electrons. The summed E-state index contributed by atoms with van der Waals surface area (Å²) in [5, 5.41) is 0. The van der Waals surface area contributed by atoms with Crippen LogP contribution < -0.4 is 19.6 Å². The Morgan fingerprint density at radius 1 is 1.27 bits per heavy atom. The van der Waals surface area contributed by atoms with E-state index in [9.17, 15) is 14.0 Å². The molecule has 30 heavy (non-hydrogen) atoms. The molecule has 0 saturated carbocycles. The number of thiazole rings is 1. The van der Waals surface area contributed by atoms with Crippen molar-refractivity contribution in [2.75, 3.05) is 7.11 Å². The average Bonchev–Trinajstić information content (AvgIpc) is 3.02. The van der Waals surface area contributed by atoms with Crippen LogP contribution in [0, 0.1) is 11.7 Å². The number of esters is 1. The highest BCUT2D eigenvalue weighted by Gasteiger charge is 2.55. The zero-order valence-electron chi connectivity index (χ0n) is 16.2. The lowest BCUT2D eigenvalue weighted by molar-refractivity contribution is -0.158. The second-order valence-corrected chi connectivity index (χ2v) is 8.38. The van der Waals surface area contributed by atoms with Crippen LogP contribution in [0.2, 0.25) is 0 Å². The number of hydrogen-bond donors (Lipinski definition) is 0. The minimum Gasteiger partial charge on any atom is -0.469 e. The van der Waals surface area contributed by atoms with Gasteiger partial charge in [-0.1, -0.05) is 41.7 Å². The number of ether oxygens (including phenoxy) is 2. The molecule has 0 aliphatic carbocycles. The van der Waals surface area contributed by atoms with Crippen molar-refractivity contribution in [3.05, 3.63) is 85.2 Å². The molecule has 3 aromatic rings. The van der Waals surface area contributed by atoms with Gasteiger partial charge in [0, 0.05) is 5.56 Å². The monoisotopic (exact) mass is 424 g/mol. The van der Waals surface area contributed by atoms with Gasteiger partial charge in [-0.25, -0.2) is 9.38 Å².